The smallest absolute Gasteiger partial charge is 0.335 e. The second kappa shape index (κ2) is 16.2. The number of fused-ring (bicyclic) bond motifs is 1. The normalized spacial score (nSPS) is 12.4. The van der Waals surface area contributed by atoms with Crippen LogP contribution < -0.4 is 15.4 Å². The summed E-state index contributed by atoms with van der Waals surface area (Å²) in [5.74, 6) is -2.87. The number of aryl methyl sites for hydroxylation is 3. The number of nitroso groups, excluding NO2 is 1. The lowest BCUT2D eigenvalue weighted by atomic mass is 9.95. The van der Waals surface area contributed by atoms with Gasteiger partial charge in [-0.05, 0) is 115 Å². The van der Waals surface area contributed by atoms with Gasteiger partial charge in [0, 0.05) is 33.4 Å². The number of carboxylic acid groups (broad SMARTS) is 1. The number of hydrogen-bond acceptors (Lipinski definition) is 8. The first kappa shape index (κ1) is 36.9. The molecule has 0 aliphatic heterocycles. The van der Waals surface area contributed by atoms with E-state index in [4.69, 9.17) is 0 Å². The first-order valence-corrected chi connectivity index (χ1v) is 19.1. The Morgan fingerprint density at radius 3 is 2.08 bits per heavy atom. The Balaban J connectivity index is 1.13. The van der Waals surface area contributed by atoms with Gasteiger partial charge in [-0.15, -0.1) is 16.2 Å². The topological polar surface area (TPSA) is 188 Å². The van der Waals surface area contributed by atoms with Crippen LogP contribution in [0.15, 0.2) is 107 Å². The SMILES string of the molecule is O=NC(=O)c1ccc(CCc2ccc(NC(=O)c3c(NC(=O)c4cccc(S(=O)(=O)NCc5cccc(C(=O)O)c5)c4)sc4c3CCCC4)cc2)cc1. The van der Waals surface area contributed by atoms with Crippen molar-refractivity contribution in [3.63, 3.8) is 0 Å². The molecular weight excluding hydrogens is 717 g/mol. The molecule has 53 heavy (non-hydrogen) atoms. The van der Waals surface area contributed by atoms with Crippen molar-refractivity contribution in [3.05, 3.63) is 151 Å². The maximum Gasteiger partial charge on any atom is 0.335 e. The van der Waals surface area contributed by atoms with Gasteiger partial charge in [0.1, 0.15) is 5.00 Å². The molecule has 5 aromatic rings. The summed E-state index contributed by atoms with van der Waals surface area (Å²) in [6.07, 6.45) is 4.77. The molecule has 0 saturated heterocycles. The highest BCUT2D eigenvalue weighted by atomic mass is 32.2. The van der Waals surface area contributed by atoms with Gasteiger partial charge in [0.05, 0.1) is 16.0 Å². The van der Waals surface area contributed by atoms with Gasteiger partial charge in [0.2, 0.25) is 10.0 Å². The molecule has 14 heteroatoms. The Hall–Kier alpha value is -5.83. The fraction of sp³-hybridized carbons (Fsp3) is 0.179. The summed E-state index contributed by atoms with van der Waals surface area (Å²) >= 11 is 1.35. The summed E-state index contributed by atoms with van der Waals surface area (Å²) in [6, 6.07) is 25.6. The number of nitrogens with zero attached hydrogens (tertiary/aromatic N) is 1. The Morgan fingerprint density at radius 1 is 0.717 bits per heavy atom. The third-order valence-corrected chi connectivity index (χ3v) is 11.5. The summed E-state index contributed by atoms with van der Waals surface area (Å²) in [5.41, 5.74) is 4.71. The average molecular weight is 751 g/mol. The third-order valence-electron chi connectivity index (χ3n) is 8.87. The molecule has 1 aliphatic rings. The zero-order chi connectivity index (χ0) is 37.5. The van der Waals surface area contributed by atoms with Crippen LogP contribution in [0.2, 0.25) is 0 Å². The number of rotatable bonds is 13. The largest absolute Gasteiger partial charge is 0.478 e. The van der Waals surface area contributed by atoms with Gasteiger partial charge in [-0.2, -0.15) is 0 Å². The van der Waals surface area contributed by atoms with E-state index in [1.54, 1.807) is 30.3 Å². The van der Waals surface area contributed by atoms with Crippen LogP contribution in [0, 0.1) is 4.91 Å². The fourth-order valence-corrected chi connectivity index (χ4v) is 8.40. The van der Waals surface area contributed by atoms with Crippen molar-refractivity contribution < 1.29 is 32.7 Å². The second-order valence-corrected chi connectivity index (χ2v) is 15.3. The lowest BCUT2D eigenvalue weighted by Gasteiger charge is -2.14. The van der Waals surface area contributed by atoms with Crippen molar-refractivity contribution in [2.75, 3.05) is 10.6 Å². The van der Waals surface area contributed by atoms with Crippen LogP contribution in [0.25, 0.3) is 0 Å². The molecule has 4 aromatic carbocycles. The zero-order valence-electron chi connectivity index (χ0n) is 28.3. The van der Waals surface area contributed by atoms with Gasteiger partial charge in [-0.3, -0.25) is 14.4 Å². The number of hydrogen-bond donors (Lipinski definition) is 4. The van der Waals surface area contributed by atoms with Crippen LogP contribution in [-0.2, 0) is 42.3 Å². The number of nitrogens with one attached hydrogen (secondary N) is 3. The van der Waals surface area contributed by atoms with E-state index in [9.17, 15) is 37.6 Å². The van der Waals surface area contributed by atoms with Crippen LogP contribution in [0.1, 0.15) is 81.4 Å². The second-order valence-electron chi connectivity index (χ2n) is 12.5. The van der Waals surface area contributed by atoms with Crippen LogP contribution in [-0.4, -0.2) is 37.2 Å². The molecule has 0 radical (unpaired) electrons. The van der Waals surface area contributed by atoms with Crippen LogP contribution in [0.3, 0.4) is 0 Å². The van der Waals surface area contributed by atoms with E-state index in [0.29, 0.717) is 41.1 Å². The molecular formula is C39H34N4O8S2. The van der Waals surface area contributed by atoms with Gasteiger partial charge >= 0.3 is 11.9 Å². The van der Waals surface area contributed by atoms with E-state index in [0.717, 1.165) is 40.8 Å². The Labute approximate surface area is 309 Å². The molecule has 6 rings (SSSR count). The molecule has 270 valence electrons. The monoisotopic (exact) mass is 750 g/mol. The maximum atomic E-state index is 13.8. The molecule has 3 amide bonds. The molecule has 1 heterocycles. The van der Waals surface area contributed by atoms with Crippen molar-refractivity contribution in [1.29, 1.82) is 0 Å². The van der Waals surface area contributed by atoms with Crippen molar-refractivity contribution in [3.8, 4) is 0 Å². The number of carbonyl (C=O) groups is 4. The molecule has 0 bridgehead atoms. The number of carboxylic acids is 1. The number of carbonyl (C=O) groups excluding carboxylic acids is 3. The molecule has 0 unspecified atom stereocenters. The molecule has 0 fully saturated rings. The maximum absolute atomic E-state index is 13.8. The van der Waals surface area contributed by atoms with E-state index in [1.807, 2.05) is 24.3 Å². The fourth-order valence-electron chi connectivity index (χ4n) is 6.05. The van der Waals surface area contributed by atoms with Gasteiger partial charge in [-0.1, -0.05) is 42.5 Å². The summed E-state index contributed by atoms with van der Waals surface area (Å²) in [6.45, 7) is -0.150. The predicted molar refractivity (Wildman–Crippen MR) is 201 cm³/mol. The molecule has 1 aliphatic carbocycles. The molecule has 0 atom stereocenters. The highest BCUT2D eigenvalue weighted by molar-refractivity contribution is 7.89. The van der Waals surface area contributed by atoms with E-state index in [2.05, 4.69) is 20.5 Å². The summed E-state index contributed by atoms with van der Waals surface area (Å²) < 4.78 is 28.7. The van der Waals surface area contributed by atoms with Crippen LogP contribution in [0.4, 0.5) is 10.7 Å². The number of anilines is 2. The minimum Gasteiger partial charge on any atom is -0.478 e. The first-order valence-electron chi connectivity index (χ1n) is 16.8. The molecule has 1 aromatic heterocycles. The summed E-state index contributed by atoms with van der Waals surface area (Å²) in [7, 11) is -4.07. The third kappa shape index (κ3) is 8.98. The number of sulfonamides is 1. The van der Waals surface area contributed by atoms with Crippen LogP contribution >= 0.6 is 11.3 Å². The molecule has 0 saturated carbocycles. The van der Waals surface area contributed by atoms with Gasteiger partial charge in [0.15, 0.2) is 0 Å². The van der Waals surface area contributed by atoms with E-state index in [-0.39, 0.29) is 34.0 Å². The van der Waals surface area contributed by atoms with E-state index < -0.39 is 27.8 Å². The average Bonchev–Trinajstić information content (AvgIpc) is 3.54. The lowest BCUT2D eigenvalue weighted by Crippen LogP contribution is -2.24. The summed E-state index contributed by atoms with van der Waals surface area (Å²) in [5, 5.41) is 17.9. The minimum absolute atomic E-state index is 0.0319. The van der Waals surface area contributed by atoms with Crippen molar-refractivity contribution in [1.82, 2.24) is 4.72 Å². The number of amides is 3. The van der Waals surface area contributed by atoms with Crippen molar-refractivity contribution >= 4 is 55.7 Å². The van der Waals surface area contributed by atoms with E-state index >= 15 is 0 Å². The minimum atomic E-state index is -4.07. The van der Waals surface area contributed by atoms with E-state index in [1.165, 1.54) is 53.8 Å². The van der Waals surface area contributed by atoms with Crippen molar-refractivity contribution in [2.45, 2.75) is 50.0 Å². The predicted octanol–water partition coefficient (Wildman–Crippen LogP) is 7.00. The zero-order valence-corrected chi connectivity index (χ0v) is 29.9. The highest BCUT2D eigenvalue weighted by Crippen LogP contribution is 2.39. The first-order chi connectivity index (χ1) is 25.5. The highest BCUT2D eigenvalue weighted by Gasteiger charge is 2.27. The van der Waals surface area contributed by atoms with Crippen molar-refractivity contribution in [2.24, 2.45) is 5.18 Å². The molecule has 0 spiro atoms. The number of aromatic carboxylic acids is 1. The Kier molecular flexibility index (Phi) is 11.3. The summed E-state index contributed by atoms with van der Waals surface area (Å²) in [4.78, 5) is 61.4. The quantitative estimate of drug-likeness (QED) is 0.0926. The van der Waals surface area contributed by atoms with Gasteiger partial charge < -0.3 is 15.7 Å². The standard InChI is InChI=1S/C39H34N4O8S2/c44-35(28-6-4-8-31(22-28)53(50,51)40-23-26-5-3-7-29(21-26)39(47)48)42-38-34(32-9-1-2-10-33(32)52-38)37(46)41-30-19-15-25(16-20-30)12-11-24-13-17-27(18-14-24)36(45)43-49/h3-8,13-22,40H,1-2,9-12,23H2,(H,41,46)(H,42,44)(H,47,48). The van der Waals surface area contributed by atoms with Gasteiger partial charge in [0.25, 0.3) is 11.8 Å². The van der Waals surface area contributed by atoms with Crippen LogP contribution in [0.5, 0.6) is 0 Å². The Morgan fingerprint density at radius 2 is 1.38 bits per heavy atom. The molecule has 12 nitrogen and oxygen atoms in total. The lowest BCUT2D eigenvalue weighted by molar-refractivity contribution is 0.0696. The molecule has 4 N–H and O–H groups in total. The van der Waals surface area contributed by atoms with Gasteiger partial charge in [-0.25, -0.2) is 17.9 Å². The number of benzene rings is 4. The number of thiophene rings is 1. The Bertz CT molecular complexity index is 2320.